The number of Topliss-reactive ketones (excluding diaryl/α,β-unsaturated/α-hetero) is 1. The van der Waals surface area contributed by atoms with E-state index in [-0.39, 0.29) is 11.7 Å². The quantitative estimate of drug-likeness (QED) is 0.731. The first-order valence-corrected chi connectivity index (χ1v) is 7.78. The maximum Gasteiger partial charge on any atom is 0.169 e. The normalized spacial score (nSPS) is 22.9. The van der Waals surface area contributed by atoms with Crippen molar-refractivity contribution in [1.29, 1.82) is 0 Å². The molecule has 1 aromatic rings. The van der Waals surface area contributed by atoms with Gasteiger partial charge in [-0.25, -0.2) is 0 Å². The van der Waals surface area contributed by atoms with Gasteiger partial charge in [0.1, 0.15) is 5.75 Å². The molecule has 0 heterocycles. The fourth-order valence-electron chi connectivity index (χ4n) is 3.14. The Morgan fingerprint density at radius 1 is 1.25 bits per heavy atom. The van der Waals surface area contributed by atoms with E-state index in [1.165, 1.54) is 0 Å². The zero-order valence-electron chi connectivity index (χ0n) is 12.5. The third-order valence-electron chi connectivity index (χ3n) is 4.51. The molecule has 0 saturated heterocycles. The van der Waals surface area contributed by atoms with Crippen LogP contribution in [0.2, 0.25) is 5.02 Å². The van der Waals surface area contributed by atoms with Gasteiger partial charge in [-0.2, -0.15) is 0 Å². The Morgan fingerprint density at radius 3 is 2.45 bits per heavy atom. The molecule has 0 aliphatic heterocycles. The third kappa shape index (κ3) is 3.35. The summed E-state index contributed by atoms with van der Waals surface area (Å²) in [6, 6.07) is 5.26. The average Bonchev–Trinajstić information content (AvgIpc) is 2.46. The van der Waals surface area contributed by atoms with E-state index in [9.17, 15) is 4.79 Å². The Morgan fingerprint density at radius 2 is 1.90 bits per heavy atom. The minimum absolute atomic E-state index is 0.123. The third-order valence-corrected chi connectivity index (χ3v) is 4.75. The Kier molecular flexibility index (Phi) is 5.09. The second-order valence-electron chi connectivity index (χ2n) is 6.06. The highest BCUT2D eigenvalue weighted by molar-refractivity contribution is 6.31. The van der Waals surface area contributed by atoms with Crippen molar-refractivity contribution in [1.82, 2.24) is 0 Å². The first kappa shape index (κ1) is 15.4. The first-order valence-electron chi connectivity index (χ1n) is 7.40. The highest BCUT2D eigenvalue weighted by Gasteiger charge is 2.29. The molecule has 110 valence electrons. The molecule has 1 fully saturated rings. The van der Waals surface area contributed by atoms with Crippen LogP contribution < -0.4 is 4.74 Å². The predicted octanol–water partition coefficient (Wildman–Crippen LogP) is 4.99. The van der Waals surface area contributed by atoms with Crippen LogP contribution in [-0.4, -0.2) is 12.9 Å². The van der Waals surface area contributed by atoms with E-state index >= 15 is 0 Å². The smallest absolute Gasteiger partial charge is 0.169 e. The van der Waals surface area contributed by atoms with Crippen LogP contribution in [-0.2, 0) is 0 Å². The van der Waals surface area contributed by atoms with Crippen molar-refractivity contribution in [3.8, 4) is 5.75 Å². The van der Waals surface area contributed by atoms with Crippen molar-refractivity contribution >= 4 is 17.4 Å². The van der Waals surface area contributed by atoms with Crippen molar-refractivity contribution in [3.63, 3.8) is 0 Å². The van der Waals surface area contributed by atoms with Crippen LogP contribution in [0.3, 0.4) is 0 Å². The molecular formula is C17H23ClO2. The predicted molar refractivity (Wildman–Crippen MR) is 82.6 cm³/mol. The highest BCUT2D eigenvalue weighted by atomic mass is 35.5. The number of benzene rings is 1. The number of carbonyl (C=O) groups is 1. The molecule has 0 bridgehead atoms. The summed E-state index contributed by atoms with van der Waals surface area (Å²) in [4.78, 5) is 12.7. The number of rotatable bonds is 4. The van der Waals surface area contributed by atoms with Crippen molar-refractivity contribution in [2.45, 2.75) is 39.5 Å². The summed E-state index contributed by atoms with van der Waals surface area (Å²) >= 11 is 6.01. The molecule has 2 nitrogen and oxygen atoms in total. The molecule has 0 N–H and O–H groups in total. The maximum atomic E-state index is 12.7. The van der Waals surface area contributed by atoms with Crippen LogP contribution in [0.25, 0.3) is 0 Å². The van der Waals surface area contributed by atoms with E-state index in [0.29, 0.717) is 22.3 Å². The minimum atomic E-state index is 0.123. The van der Waals surface area contributed by atoms with E-state index in [0.717, 1.165) is 31.6 Å². The van der Waals surface area contributed by atoms with E-state index in [1.54, 1.807) is 25.3 Å². The van der Waals surface area contributed by atoms with Crippen molar-refractivity contribution in [3.05, 3.63) is 28.8 Å². The van der Waals surface area contributed by atoms with Gasteiger partial charge in [-0.3, -0.25) is 4.79 Å². The number of methoxy groups -OCH3 is 1. The summed E-state index contributed by atoms with van der Waals surface area (Å²) in [6.45, 7) is 4.54. The molecule has 1 aliphatic carbocycles. The monoisotopic (exact) mass is 294 g/mol. The Hall–Kier alpha value is -1.02. The molecule has 0 aromatic heterocycles. The van der Waals surface area contributed by atoms with Gasteiger partial charge in [-0.05, 0) is 55.7 Å². The molecule has 1 aliphatic rings. The van der Waals surface area contributed by atoms with Gasteiger partial charge in [0.25, 0.3) is 0 Å². The fourth-order valence-corrected chi connectivity index (χ4v) is 3.31. The zero-order valence-corrected chi connectivity index (χ0v) is 13.2. The summed E-state index contributed by atoms with van der Waals surface area (Å²) in [5.41, 5.74) is 0.632. The lowest BCUT2D eigenvalue weighted by Gasteiger charge is -2.30. The summed E-state index contributed by atoms with van der Waals surface area (Å²) in [6.07, 6.45) is 4.27. The van der Waals surface area contributed by atoms with Crippen molar-refractivity contribution in [2.75, 3.05) is 7.11 Å². The number of hydrogen-bond acceptors (Lipinski definition) is 2. The van der Waals surface area contributed by atoms with Gasteiger partial charge in [-0.15, -0.1) is 0 Å². The van der Waals surface area contributed by atoms with Crippen LogP contribution in [0.4, 0.5) is 0 Å². The standard InChI is InChI=1S/C17H23ClO2/c1-11(2)12-4-6-13(7-5-12)17(19)15-10-14(18)8-9-16(15)20-3/h8-13H,4-7H2,1-3H3. The van der Waals surface area contributed by atoms with Crippen molar-refractivity contribution < 1.29 is 9.53 Å². The van der Waals surface area contributed by atoms with Crippen molar-refractivity contribution in [2.24, 2.45) is 17.8 Å². The van der Waals surface area contributed by atoms with E-state index in [4.69, 9.17) is 16.3 Å². The van der Waals surface area contributed by atoms with Gasteiger partial charge in [0.2, 0.25) is 0 Å². The molecule has 0 spiro atoms. The second-order valence-corrected chi connectivity index (χ2v) is 6.50. The van der Waals surface area contributed by atoms with Crippen LogP contribution in [0.1, 0.15) is 49.9 Å². The maximum absolute atomic E-state index is 12.7. The molecule has 3 heteroatoms. The van der Waals surface area contributed by atoms with Crippen LogP contribution in [0.15, 0.2) is 18.2 Å². The van der Waals surface area contributed by atoms with Gasteiger partial charge in [0.15, 0.2) is 5.78 Å². The molecule has 1 saturated carbocycles. The molecule has 20 heavy (non-hydrogen) atoms. The van der Waals surface area contributed by atoms with E-state index in [2.05, 4.69) is 13.8 Å². The van der Waals surface area contributed by atoms with Gasteiger partial charge >= 0.3 is 0 Å². The lowest BCUT2D eigenvalue weighted by atomic mass is 9.74. The second kappa shape index (κ2) is 6.62. The molecule has 0 radical (unpaired) electrons. The lowest BCUT2D eigenvalue weighted by Crippen LogP contribution is -2.24. The zero-order chi connectivity index (χ0) is 14.7. The molecule has 1 aromatic carbocycles. The molecular weight excluding hydrogens is 272 g/mol. The van der Waals surface area contributed by atoms with Gasteiger partial charge < -0.3 is 4.74 Å². The Bertz CT molecular complexity index is 474. The first-order chi connectivity index (χ1) is 9.52. The number of ether oxygens (including phenoxy) is 1. The molecule has 0 amide bonds. The van der Waals surface area contributed by atoms with Gasteiger partial charge in [-0.1, -0.05) is 25.4 Å². The number of hydrogen-bond donors (Lipinski definition) is 0. The number of halogens is 1. The van der Waals surface area contributed by atoms with Gasteiger partial charge in [0, 0.05) is 10.9 Å². The fraction of sp³-hybridized carbons (Fsp3) is 0.588. The topological polar surface area (TPSA) is 26.3 Å². The van der Waals surface area contributed by atoms with Crippen LogP contribution in [0, 0.1) is 17.8 Å². The van der Waals surface area contributed by atoms with E-state index < -0.39 is 0 Å². The Balaban J connectivity index is 2.11. The van der Waals surface area contributed by atoms with Crippen LogP contribution >= 0.6 is 11.6 Å². The van der Waals surface area contributed by atoms with Gasteiger partial charge in [0.05, 0.1) is 12.7 Å². The average molecular weight is 295 g/mol. The molecule has 0 atom stereocenters. The lowest BCUT2D eigenvalue weighted by molar-refractivity contribution is 0.0856. The summed E-state index contributed by atoms with van der Waals surface area (Å²) in [7, 11) is 1.59. The highest BCUT2D eigenvalue weighted by Crippen LogP contribution is 2.36. The van der Waals surface area contributed by atoms with Crippen LogP contribution in [0.5, 0.6) is 5.75 Å². The SMILES string of the molecule is COc1ccc(Cl)cc1C(=O)C1CCC(C(C)C)CC1. The minimum Gasteiger partial charge on any atom is -0.496 e. The summed E-state index contributed by atoms with van der Waals surface area (Å²) in [5.74, 6) is 2.42. The van der Waals surface area contributed by atoms with E-state index in [1.807, 2.05) is 0 Å². The molecule has 2 rings (SSSR count). The molecule has 0 unspecified atom stereocenters. The Labute approximate surface area is 126 Å². The largest absolute Gasteiger partial charge is 0.496 e. The summed E-state index contributed by atoms with van der Waals surface area (Å²) in [5, 5.41) is 0.588. The summed E-state index contributed by atoms with van der Waals surface area (Å²) < 4.78 is 5.29. The number of ketones is 1. The number of carbonyl (C=O) groups excluding carboxylic acids is 1.